The van der Waals surface area contributed by atoms with Crippen LogP contribution in [0, 0.1) is 13.0 Å². The van der Waals surface area contributed by atoms with Gasteiger partial charge in [-0.2, -0.15) is 10.1 Å². The summed E-state index contributed by atoms with van der Waals surface area (Å²) in [6.07, 6.45) is 6.00. The summed E-state index contributed by atoms with van der Waals surface area (Å²) in [5, 5.41) is 10.9. The summed E-state index contributed by atoms with van der Waals surface area (Å²) >= 11 is 6.21. The predicted molar refractivity (Wildman–Crippen MR) is 104 cm³/mol. The van der Waals surface area contributed by atoms with E-state index in [1.54, 1.807) is 6.20 Å². The van der Waals surface area contributed by atoms with Gasteiger partial charge in [0.25, 0.3) is 0 Å². The molecule has 3 rings (SSSR count). The molecule has 0 amide bonds. The molecule has 0 unspecified atom stereocenters. The number of rotatable bonds is 8. The van der Waals surface area contributed by atoms with Crippen molar-refractivity contribution in [3.63, 3.8) is 0 Å². The molecule has 0 fully saturated rings. The SMILES string of the molecule is [CH2][C](Nc1nc(Nc2cnn(CCCN)c2)ncc1Cl)c1ccccc1. The third kappa shape index (κ3) is 4.71. The van der Waals surface area contributed by atoms with E-state index in [2.05, 4.69) is 32.6 Å². The lowest BCUT2D eigenvalue weighted by Crippen LogP contribution is -2.10. The quantitative estimate of drug-likeness (QED) is 0.564. The van der Waals surface area contributed by atoms with Crippen LogP contribution in [0.25, 0.3) is 0 Å². The Balaban J connectivity index is 1.70. The van der Waals surface area contributed by atoms with Crippen LogP contribution in [0.15, 0.2) is 48.9 Å². The van der Waals surface area contributed by atoms with E-state index in [1.165, 1.54) is 6.20 Å². The van der Waals surface area contributed by atoms with Gasteiger partial charge < -0.3 is 16.4 Å². The van der Waals surface area contributed by atoms with Crippen molar-refractivity contribution in [1.82, 2.24) is 19.7 Å². The highest BCUT2D eigenvalue weighted by Crippen LogP contribution is 2.25. The maximum absolute atomic E-state index is 6.21. The summed E-state index contributed by atoms with van der Waals surface area (Å²) in [7, 11) is 0. The number of halogens is 1. The van der Waals surface area contributed by atoms with E-state index in [0.29, 0.717) is 29.4 Å². The van der Waals surface area contributed by atoms with Crippen LogP contribution in [0.4, 0.5) is 17.5 Å². The summed E-state index contributed by atoms with van der Waals surface area (Å²) in [4.78, 5) is 8.63. The maximum atomic E-state index is 6.21. The first kappa shape index (κ1) is 18.2. The van der Waals surface area contributed by atoms with E-state index in [4.69, 9.17) is 17.3 Å². The Morgan fingerprint density at radius 3 is 2.81 bits per heavy atom. The molecule has 2 aromatic heterocycles. The zero-order chi connectivity index (χ0) is 18.4. The van der Waals surface area contributed by atoms with Crippen molar-refractivity contribution in [3.05, 3.63) is 72.5 Å². The molecule has 2 radical (unpaired) electrons. The van der Waals surface area contributed by atoms with Crippen LogP contribution in [-0.2, 0) is 6.54 Å². The lowest BCUT2D eigenvalue weighted by molar-refractivity contribution is 0.585. The van der Waals surface area contributed by atoms with Crippen LogP contribution >= 0.6 is 11.6 Å². The Morgan fingerprint density at radius 2 is 2.04 bits per heavy atom. The second kappa shape index (κ2) is 8.64. The van der Waals surface area contributed by atoms with E-state index in [-0.39, 0.29) is 0 Å². The lowest BCUT2D eigenvalue weighted by Gasteiger charge is -2.15. The summed E-state index contributed by atoms with van der Waals surface area (Å²) in [6, 6.07) is 10.5. The fraction of sp³-hybridized carbons (Fsp3) is 0.167. The topological polar surface area (TPSA) is 93.7 Å². The van der Waals surface area contributed by atoms with E-state index in [1.807, 2.05) is 41.2 Å². The average molecular weight is 370 g/mol. The molecular formula is C18H20ClN7. The van der Waals surface area contributed by atoms with E-state index < -0.39 is 0 Å². The highest BCUT2D eigenvalue weighted by molar-refractivity contribution is 6.32. The van der Waals surface area contributed by atoms with Crippen LogP contribution in [-0.4, -0.2) is 26.3 Å². The molecule has 0 bridgehead atoms. The Kier molecular flexibility index (Phi) is 6.04. The molecule has 0 aliphatic rings. The zero-order valence-electron chi connectivity index (χ0n) is 14.2. The van der Waals surface area contributed by atoms with E-state index in [9.17, 15) is 0 Å². The molecule has 0 saturated carbocycles. The number of hydrogen-bond donors (Lipinski definition) is 3. The molecule has 8 heteroatoms. The first-order valence-corrected chi connectivity index (χ1v) is 8.57. The number of nitrogens with one attached hydrogen (secondary N) is 2. The molecule has 134 valence electrons. The largest absolute Gasteiger partial charge is 0.356 e. The van der Waals surface area contributed by atoms with Crippen molar-refractivity contribution in [2.45, 2.75) is 13.0 Å². The van der Waals surface area contributed by atoms with Crippen LogP contribution < -0.4 is 16.4 Å². The summed E-state index contributed by atoms with van der Waals surface area (Å²) < 4.78 is 1.82. The maximum Gasteiger partial charge on any atom is 0.229 e. The molecular weight excluding hydrogens is 350 g/mol. The predicted octanol–water partition coefficient (Wildman–Crippen LogP) is 3.25. The van der Waals surface area contributed by atoms with Crippen molar-refractivity contribution < 1.29 is 0 Å². The third-order valence-corrected chi connectivity index (χ3v) is 3.89. The second-order valence-electron chi connectivity index (χ2n) is 5.62. The number of hydrogen-bond acceptors (Lipinski definition) is 6. The Morgan fingerprint density at radius 1 is 1.23 bits per heavy atom. The molecule has 0 aliphatic heterocycles. The fourth-order valence-electron chi connectivity index (χ4n) is 2.30. The van der Waals surface area contributed by atoms with Gasteiger partial charge >= 0.3 is 0 Å². The van der Waals surface area contributed by atoms with Gasteiger partial charge in [-0.15, -0.1) is 0 Å². The van der Waals surface area contributed by atoms with Crippen LogP contribution in [0.1, 0.15) is 12.0 Å². The van der Waals surface area contributed by atoms with Gasteiger partial charge in [0.2, 0.25) is 5.95 Å². The zero-order valence-corrected chi connectivity index (χ0v) is 14.9. The minimum atomic E-state index is 0.409. The second-order valence-corrected chi connectivity index (χ2v) is 6.03. The smallest absolute Gasteiger partial charge is 0.229 e. The number of nitrogens with two attached hydrogens (primary N) is 1. The standard InChI is InChI=1S/C18H20ClN7/c1-13(14-6-3-2-4-7-14)23-17-16(19)11-21-18(25-17)24-15-10-22-26(12-15)9-5-8-20/h2-4,6-7,10-12H,1,5,8-9,20H2,(H2,21,23,24,25). The normalized spacial score (nSPS) is 10.9. The first-order chi connectivity index (χ1) is 12.7. The minimum Gasteiger partial charge on any atom is -0.356 e. The van der Waals surface area contributed by atoms with Crippen molar-refractivity contribution in [3.8, 4) is 0 Å². The molecule has 3 aromatic rings. The van der Waals surface area contributed by atoms with Crippen LogP contribution in [0.2, 0.25) is 5.02 Å². The van der Waals surface area contributed by atoms with Crippen molar-refractivity contribution >= 4 is 29.1 Å². The van der Waals surface area contributed by atoms with Gasteiger partial charge in [0, 0.05) is 12.7 Å². The van der Waals surface area contributed by atoms with E-state index >= 15 is 0 Å². The Hall–Kier alpha value is -2.64. The van der Waals surface area contributed by atoms with Gasteiger partial charge in [0.15, 0.2) is 5.82 Å². The van der Waals surface area contributed by atoms with Gasteiger partial charge in [-0.3, -0.25) is 4.68 Å². The van der Waals surface area contributed by atoms with E-state index in [0.717, 1.165) is 24.2 Å². The molecule has 0 spiro atoms. The van der Waals surface area contributed by atoms with Gasteiger partial charge in [0.1, 0.15) is 5.02 Å². The Labute approximate surface area is 157 Å². The van der Waals surface area contributed by atoms with Crippen LogP contribution in [0.5, 0.6) is 0 Å². The molecule has 0 saturated heterocycles. The minimum absolute atomic E-state index is 0.409. The Bertz CT molecular complexity index is 835. The highest BCUT2D eigenvalue weighted by Gasteiger charge is 2.12. The summed E-state index contributed by atoms with van der Waals surface area (Å²) in [5.41, 5.74) is 7.26. The monoisotopic (exact) mass is 369 g/mol. The molecule has 7 nitrogen and oxygen atoms in total. The fourth-order valence-corrected chi connectivity index (χ4v) is 2.44. The molecule has 26 heavy (non-hydrogen) atoms. The molecule has 0 aliphatic carbocycles. The number of nitrogens with zero attached hydrogens (tertiary/aromatic N) is 4. The summed E-state index contributed by atoms with van der Waals surface area (Å²) in [6.45, 7) is 5.43. The van der Waals surface area contributed by atoms with Gasteiger partial charge in [-0.05, 0) is 25.5 Å². The third-order valence-electron chi connectivity index (χ3n) is 3.62. The number of aryl methyl sites for hydroxylation is 1. The average Bonchev–Trinajstić information content (AvgIpc) is 3.10. The highest BCUT2D eigenvalue weighted by atomic mass is 35.5. The number of anilines is 3. The van der Waals surface area contributed by atoms with Crippen molar-refractivity contribution in [2.75, 3.05) is 17.2 Å². The van der Waals surface area contributed by atoms with Crippen molar-refractivity contribution in [1.29, 1.82) is 0 Å². The molecule has 1 aromatic carbocycles. The first-order valence-electron chi connectivity index (χ1n) is 8.19. The molecule has 0 atom stereocenters. The van der Waals surface area contributed by atoms with Crippen molar-refractivity contribution in [2.24, 2.45) is 5.73 Å². The lowest BCUT2D eigenvalue weighted by atomic mass is 10.1. The molecule has 4 N–H and O–H groups in total. The van der Waals surface area contributed by atoms with Gasteiger partial charge in [-0.25, -0.2) is 4.98 Å². The van der Waals surface area contributed by atoms with Gasteiger partial charge in [-0.1, -0.05) is 41.9 Å². The summed E-state index contributed by atoms with van der Waals surface area (Å²) in [5.74, 6) is 0.893. The number of benzene rings is 1. The number of aromatic nitrogens is 4. The molecule has 2 heterocycles. The van der Waals surface area contributed by atoms with Gasteiger partial charge in [0.05, 0.1) is 24.1 Å². The van der Waals surface area contributed by atoms with Crippen LogP contribution in [0.3, 0.4) is 0 Å².